The SMILES string of the molecule is CCC(C)C1NC(=O)C2(CCCCC2)NC1=O. The highest BCUT2D eigenvalue weighted by Crippen LogP contribution is 2.31. The number of hydrogen-bond donors (Lipinski definition) is 2. The summed E-state index contributed by atoms with van der Waals surface area (Å²) in [6.07, 6.45) is 5.70. The van der Waals surface area contributed by atoms with Crippen LogP contribution in [0.1, 0.15) is 52.4 Å². The molecule has 2 aliphatic rings. The van der Waals surface area contributed by atoms with Crippen molar-refractivity contribution >= 4 is 11.8 Å². The van der Waals surface area contributed by atoms with Gasteiger partial charge >= 0.3 is 0 Å². The monoisotopic (exact) mass is 238 g/mol. The zero-order chi connectivity index (χ0) is 12.5. The minimum Gasteiger partial charge on any atom is -0.342 e. The third-order valence-electron chi connectivity index (χ3n) is 4.29. The van der Waals surface area contributed by atoms with E-state index < -0.39 is 5.54 Å². The second kappa shape index (κ2) is 4.67. The normalized spacial score (nSPS) is 29.6. The lowest BCUT2D eigenvalue weighted by atomic mass is 9.78. The fraction of sp³-hybridized carbons (Fsp3) is 0.846. The lowest BCUT2D eigenvalue weighted by molar-refractivity contribution is -0.144. The van der Waals surface area contributed by atoms with Gasteiger partial charge in [-0.2, -0.15) is 0 Å². The molecule has 17 heavy (non-hydrogen) atoms. The van der Waals surface area contributed by atoms with Crippen molar-refractivity contribution in [2.24, 2.45) is 5.92 Å². The first-order chi connectivity index (χ1) is 8.09. The number of carbonyl (C=O) groups excluding carboxylic acids is 2. The average molecular weight is 238 g/mol. The molecule has 0 aromatic rings. The molecule has 1 heterocycles. The second-order valence-electron chi connectivity index (χ2n) is 5.47. The first-order valence-corrected chi connectivity index (χ1v) is 6.72. The third-order valence-corrected chi connectivity index (χ3v) is 4.29. The molecule has 1 spiro atoms. The van der Waals surface area contributed by atoms with E-state index in [1.54, 1.807) is 0 Å². The Kier molecular flexibility index (Phi) is 3.40. The molecule has 0 aromatic carbocycles. The smallest absolute Gasteiger partial charge is 0.246 e. The fourth-order valence-corrected chi connectivity index (χ4v) is 2.86. The Bertz CT molecular complexity index is 321. The molecule has 1 saturated heterocycles. The lowest BCUT2D eigenvalue weighted by Crippen LogP contribution is -2.70. The summed E-state index contributed by atoms with van der Waals surface area (Å²) in [6.45, 7) is 4.04. The Hall–Kier alpha value is -1.06. The van der Waals surface area contributed by atoms with Crippen LogP contribution in [0.3, 0.4) is 0 Å². The highest BCUT2D eigenvalue weighted by atomic mass is 16.2. The summed E-state index contributed by atoms with van der Waals surface area (Å²) in [6, 6.07) is -0.347. The lowest BCUT2D eigenvalue weighted by Gasteiger charge is -2.43. The van der Waals surface area contributed by atoms with Gasteiger partial charge in [0.25, 0.3) is 0 Å². The van der Waals surface area contributed by atoms with Crippen LogP contribution in [0.5, 0.6) is 0 Å². The summed E-state index contributed by atoms with van der Waals surface area (Å²) in [5.74, 6) is 0.225. The largest absolute Gasteiger partial charge is 0.342 e. The van der Waals surface area contributed by atoms with Crippen molar-refractivity contribution in [3.05, 3.63) is 0 Å². The van der Waals surface area contributed by atoms with Gasteiger partial charge in [0.05, 0.1) is 0 Å². The van der Waals surface area contributed by atoms with Gasteiger partial charge in [0.2, 0.25) is 11.8 Å². The van der Waals surface area contributed by atoms with Crippen LogP contribution in [0.15, 0.2) is 0 Å². The Morgan fingerprint density at radius 2 is 1.94 bits per heavy atom. The van der Waals surface area contributed by atoms with Crippen molar-refractivity contribution in [2.45, 2.75) is 64.0 Å². The maximum atomic E-state index is 12.2. The molecule has 1 saturated carbocycles. The third kappa shape index (κ3) is 2.17. The highest BCUT2D eigenvalue weighted by molar-refractivity contribution is 6.00. The van der Waals surface area contributed by atoms with Crippen LogP contribution in [0.25, 0.3) is 0 Å². The zero-order valence-corrected chi connectivity index (χ0v) is 10.7. The molecule has 2 N–H and O–H groups in total. The van der Waals surface area contributed by atoms with Crippen LogP contribution in [-0.4, -0.2) is 23.4 Å². The number of nitrogens with one attached hydrogen (secondary N) is 2. The topological polar surface area (TPSA) is 58.2 Å². The molecule has 0 aromatic heterocycles. The van der Waals surface area contributed by atoms with Gasteiger partial charge in [0.1, 0.15) is 11.6 Å². The van der Waals surface area contributed by atoms with Crippen LogP contribution in [0, 0.1) is 5.92 Å². The molecule has 2 fully saturated rings. The Morgan fingerprint density at radius 3 is 2.53 bits per heavy atom. The van der Waals surface area contributed by atoms with Crippen LogP contribution >= 0.6 is 0 Å². The molecule has 4 heteroatoms. The Balaban J connectivity index is 2.12. The quantitative estimate of drug-likeness (QED) is 0.763. The molecule has 4 nitrogen and oxygen atoms in total. The number of amides is 2. The van der Waals surface area contributed by atoms with E-state index in [0.717, 1.165) is 32.1 Å². The predicted molar refractivity (Wildman–Crippen MR) is 65.3 cm³/mol. The molecule has 1 aliphatic carbocycles. The van der Waals surface area contributed by atoms with E-state index >= 15 is 0 Å². The van der Waals surface area contributed by atoms with Gasteiger partial charge in [-0.3, -0.25) is 9.59 Å². The minimum absolute atomic E-state index is 0.000787. The van der Waals surface area contributed by atoms with E-state index in [1.807, 2.05) is 13.8 Å². The van der Waals surface area contributed by atoms with Crippen molar-refractivity contribution in [3.8, 4) is 0 Å². The van der Waals surface area contributed by atoms with Gasteiger partial charge in [-0.1, -0.05) is 39.5 Å². The van der Waals surface area contributed by atoms with Gasteiger partial charge in [0, 0.05) is 0 Å². The standard InChI is InChI=1S/C13H22N2O2/c1-3-9(2)10-11(16)15-13(12(17)14-10)7-5-4-6-8-13/h9-10H,3-8H2,1-2H3,(H,14,17)(H,15,16). The summed E-state index contributed by atoms with van der Waals surface area (Å²) >= 11 is 0. The first kappa shape index (κ1) is 12.4. The number of piperazine rings is 1. The van der Waals surface area contributed by atoms with Crippen molar-refractivity contribution in [3.63, 3.8) is 0 Å². The van der Waals surface area contributed by atoms with E-state index in [9.17, 15) is 9.59 Å². The fourth-order valence-electron chi connectivity index (χ4n) is 2.86. The van der Waals surface area contributed by atoms with Gasteiger partial charge in [-0.15, -0.1) is 0 Å². The van der Waals surface area contributed by atoms with Gasteiger partial charge in [-0.25, -0.2) is 0 Å². The molecular weight excluding hydrogens is 216 g/mol. The summed E-state index contributed by atoms with van der Waals surface area (Å²) in [5.41, 5.74) is -0.598. The average Bonchev–Trinajstić information content (AvgIpc) is 2.34. The molecule has 0 radical (unpaired) electrons. The Labute approximate surface area is 103 Å². The van der Waals surface area contributed by atoms with Crippen LogP contribution in [0.2, 0.25) is 0 Å². The predicted octanol–water partition coefficient (Wildman–Crippen LogP) is 1.35. The van der Waals surface area contributed by atoms with Gasteiger partial charge in [0.15, 0.2) is 0 Å². The van der Waals surface area contributed by atoms with Crippen LogP contribution in [0.4, 0.5) is 0 Å². The molecule has 96 valence electrons. The molecule has 2 unspecified atom stereocenters. The molecule has 2 atom stereocenters. The number of carbonyl (C=O) groups is 2. The maximum absolute atomic E-state index is 12.2. The van der Waals surface area contributed by atoms with E-state index in [0.29, 0.717) is 0 Å². The summed E-state index contributed by atoms with van der Waals surface area (Å²) in [7, 11) is 0. The molecule has 2 amide bonds. The molecule has 1 aliphatic heterocycles. The maximum Gasteiger partial charge on any atom is 0.246 e. The van der Waals surface area contributed by atoms with Gasteiger partial charge in [-0.05, 0) is 18.8 Å². The summed E-state index contributed by atoms with van der Waals surface area (Å²) in [5, 5.41) is 5.92. The number of rotatable bonds is 2. The summed E-state index contributed by atoms with van der Waals surface area (Å²) in [4.78, 5) is 24.3. The van der Waals surface area contributed by atoms with Crippen LogP contribution in [-0.2, 0) is 9.59 Å². The van der Waals surface area contributed by atoms with E-state index in [1.165, 1.54) is 6.42 Å². The van der Waals surface area contributed by atoms with E-state index in [2.05, 4.69) is 10.6 Å². The highest BCUT2D eigenvalue weighted by Gasteiger charge is 2.47. The number of hydrogen-bond acceptors (Lipinski definition) is 2. The van der Waals surface area contributed by atoms with E-state index in [4.69, 9.17) is 0 Å². The zero-order valence-electron chi connectivity index (χ0n) is 10.7. The van der Waals surface area contributed by atoms with Crippen molar-refractivity contribution < 1.29 is 9.59 Å². The van der Waals surface area contributed by atoms with Crippen molar-refractivity contribution in [1.82, 2.24) is 10.6 Å². The van der Waals surface area contributed by atoms with Crippen molar-refractivity contribution in [1.29, 1.82) is 0 Å². The van der Waals surface area contributed by atoms with Crippen molar-refractivity contribution in [2.75, 3.05) is 0 Å². The second-order valence-corrected chi connectivity index (χ2v) is 5.47. The first-order valence-electron chi connectivity index (χ1n) is 6.72. The summed E-state index contributed by atoms with van der Waals surface area (Å²) < 4.78 is 0. The Morgan fingerprint density at radius 1 is 1.29 bits per heavy atom. The molecular formula is C13H22N2O2. The molecule has 2 rings (SSSR count). The van der Waals surface area contributed by atoms with Gasteiger partial charge < -0.3 is 10.6 Å². The minimum atomic E-state index is -0.598. The van der Waals surface area contributed by atoms with Crippen LogP contribution < -0.4 is 10.6 Å². The van der Waals surface area contributed by atoms with E-state index in [-0.39, 0.29) is 23.8 Å². The molecule has 0 bridgehead atoms.